The molecule has 0 aliphatic carbocycles. The molecule has 5 heteroatoms. The van der Waals surface area contributed by atoms with Crippen molar-refractivity contribution in [2.24, 2.45) is 0 Å². The van der Waals surface area contributed by atoms with Gasteiger partial charge in [0.05, 0.1) is 25.3 Å². The van der Waals surface area contributed by atoms with E-state index in [1.165, 1.54) is 0 Å². The highest BCUT2D eigenvalue weighted by Crippen LogP contribution is 1.84. The average Bonchev–Trinajstić information content (AvgIpc) is 2.12. The van der Waals surface area contributed by atoms with Gasteiger partial charge in [-0.1, -0.05) is 0 Å². The van der Waals surface area contributed by atoms with Crippen molar-refractivity contribution in [3.63, 3.8) is 0 Å². The van der Waals surface area contributed by atoms with Gasteiger partial charge >= 0.3 is 0 Å². The molecule has 0 bridgehead atoms. The van der Waals surface area contributed by atoms with Crippen LogP contribution in [0.2, 0.25) is 0 Å². The summed E-state index contributed by atoms with van der Waals surface area (Å²) in [7, 11) is 1.66. The highest BCUT2D eigenvalue weighted by Gasteiger charge is 2.14. The van der Waals surface area contributed by atoms with Gasteiger partial charge < -0.3 is 20.8 Å². The maximum Gasteiger partial charge on any atom is 0.237 e. The van der Waals surface area contributed by atoms with Crippen LogP contribution in [0.15, 0.2) is 0 Å². The van der Waals surface area contributed by atoms with Crippen LogP contribution in [0.1, 0.15) is 6.92 Å². The number of nitrogens with one attached hydrogen (secondary N) is 2. The number of hydrogen-bond acceptors (Lipinski definition) is 4. The third kappa shape index (κ3) is 3.66. The number of carbonyl (C=O) groups excluding carboxylic acids is 1. The zero-order chi connectivity index (χ0) is 9.56. The largest absolute Gasteiger partial charge is 0.394 e. The molecule has 4 N–H and O–H groups in total. The summed E-state index contributed by atoms with van der Waals surface area (Å²) in [6.45, 7) is 1.19. The number of rotatable bonds is 5. The minimum atomic E-state index is -0.562. The minimum Gasteiger partial charge on any atom is -0.394 e. The molecule has 0 aliphatic heterocycles. The Bertz CT molecular complexity index is 137. The predicted octanol–water partition coefficient (Wildman–Crippen LogP) is -1.94. The Morgan fingerprint density at radius 2 is 1.92 bits per heavy atom. The van der Waals surface area contributed by atoms with E-state index in [0.29, 0.717) is 0 Å². The van der Waals surface area contributed by atoms with E-state index in [4.69, 9.17) is 10.2 Å². The molecule has 0 fully saturated rings. The monoisotopic (exact) mass is 176 g/mol. The molecule has 0 heterocycles. The molecule has 72 valence electrons. The summed E-state index contributed by atoms with van der Waals surface area (Å²) in [6, 6.07) is -0.876. The van der Waals surface area contributed by atoms with Crippen LogP contribution in [0.25, 0.3) is 0 Å². The van der Waals surface area contributed by atoms with Crippen LogP contribution >= 0.6 is 0 Å². The maximum absolute atomic E-state index is 11.1. The summed E-state index contributed by atoms with van der Waals surface area (Å²) in [5.74, 6) is -0.231. The molecular weight excluding hydrogens is 160 g/mol. The zero-order valence-electron chi connectivity index (χ0n) is 7.37. The molecule has 0 rings (SSSR count). The van der Waals surface area contributed by atoms with E-state index in [-0.39, 0.29) is 25.2 Å². The summed E-state index contributed by atoms with van der Waals surface area (Å²) in [5, 5.41) is 22.5. The summed E-state index contributed by atoms with van der Waals surface area (Å²) >= 11 is 0. The Kier molecular flexibility index (Phi) is 5.61. The molecule has 0 aliphatic rings. The number of hydrogen-bond donors (Lipinski definition) is 4. The number of amides is 1. The van der Waals surface area contributed by atoms with E-state index in [2.05, 4.69) is 10.6 Å². The molecule has 0 aromatic heterocycles. The molecule has 0 aromatic carbocycles. The highest BCUT2D eigenvalue weighted by atomic mass is 16.3. The van der Waals surface area contributed by atoms with Crippen molar-refractivity contribution in [2.45, 2.75) is 19.0 Å². The Morgan fingerprint density at radius 3 is 2.25 bits per heavy atom. The second-order valence-corrected chi connectivity index (χ2v) is 2.58. The van der Waals surface area contributed by atoms with Gasteiger partial charge in [-0.2, -0.15) is 0 Å². The minimum absolute atomic E-state index is 0.231. The third-order valence-electron chi connectivity index (χ3n) is 1.61. The van der Waals surface area contributed by atoms with Gasteiger partial charge in [0.25, 0.3) is 0 Å². The van der Waals surface area contributed by atoms with E-state index in [0.717, 1.165) is 0 Å². The van der Waals surface area contributed by atoms with Crippen LogP contribution in [-0.2, 0) is 4.79 Å². The number of aliphatic hydroxyl groups excluding tert-OH is 2. The fourth-order valence-electron chi connectivity index (χ4n) is 0.606. The fourth-order valence-corrected chi connectivity index (χ4v) is 0.606. The van der Waals surface area contributed by atoms with Gasteiger partial charge in [0, 0.05) is 0 Å². The van der Waals surface area contributed by atoms with E-state index in [1.54, 1.807) is 14.0 Å². The van der Waals surface area contributed by atoms with Crippen molar-refractivity contribution < 1.29 is 15.0 Å². The molecule has 0 saturated carbocycles. The molecule has 12 heavy (non-hydrogen) atoms. The quantitative estimate of drug-likeness (QED) is 0.393. The molecule has 0 aromatic rings. The van der Waals surface area contributed by atoms with Gasteiger partial charge in [0.15, 0.2) is 0 Å². The van der Waals surface area contributed by atoms with E-state index in [1.807, 2.05) is 0 Å². The van der Waals surface area contributed by atoms with Crippen LogP contribution < -0.4 is 10.6 Å². The van der Waals surface area contributed by atoms with Crippen molar-refractivity contribution in [1.29, 1.82) is 0 Å². The van der Waals surface area contributed by atoms with Gasteiger partial charge in [-0.3, -0.25) is 4.79 Å². The van der Waals surface area contributed by atoms with Crippen LogP contribution in [0, 0.1) is 0 Å². The lowest BCUT2D eigenvalue weighted by Crippen LogP contribution is -2.47. The van der Waals surface area contributed by atoms with E-state index < -0.39 is 6.04 Å². The van der Waals surface area contributed by atoms with Crippen LogP contribution in [0.3, 0.4) is 0 Å². The van der Waals surface area contributed by atoms with Gasteiger partial charge in [0.2, 0.25) is 5.91 Å². The second kappa shape index (κ2) is 5.93. The maximum atomic E-state index is 11.1. The first kappa shape index (κ1) is 11.4. The fraction of sp³-hybridized carbons (Fsp3) is 0.857. The lowest BCUT2D eigenvalue weighted by Gasteiger charge is -2.16. The average molecular weight is 176 g/mol. The second-order valence-electron chi connectivity index (χ2n) is 2.58. The first-order valence-corrected chi connectivity index (χ1v) is 3.85. The first-order chi connectivity index (χ1) is 5.65. The van der Waals surface area contributed by atoms with Crippen molar-refractivity contribution in [3.05, 3.63) is 0 Å². The summed E-state index contributed by atoms with van der Waals surface area (Å²) in [5.41, 5.74) is 0. The highest BCUT2D eigenvalue weighted by molar-refractivity contribution is 5.81. The molecule has 0 saturated heterocycles. The normalized spacial score (nSPS) is 13.1. The topological polar surface area (TPSA) is 81.6 Å². The van der Waals surface area contributed by atoms with Crippen molar-refractivity contribution in [2.75, 3.05) is 20.3 Å². The van der Waals surface area contributed by atoms with E-state index in [9.17, 15) is 4.79 Å². The Labute approximate surface area is 71.8 Å². The van der Waals surface area contributed by atoms with Gasteiger partial charge in [-0.05, 0) is 14.0 Å². The first-order valence-electron chi connectivity index (χ1n) is 3.85. The number of carbonyl (C=O) groups is 1. The van der Waals surface area contributed by atoms with Gasteiger partial charge in [-0.25, -0.2) is 0 Å². The molecule has 1 atom stereocenters. The van der Waals surface area contributed by atoms with Crippen LogP contribution in [0.5, 0.6) is 0 Å². The Morgan fingerprint density at radius 1 is 1.42 bits per heavy atom. The van der Waals surface area contributed by atoms with Gasteiger partial charge in [0.1, 0.15) is 0 Å². The summed E-state index contributed by atoms with van der Waals surface area (Å²) in [4.78, 5) is 11.1. The predicted molar refractivity (Wildman–Crippen MR) is 44.6 cm³/mol. The number of likely N-dealkylation sites (N-methyl/N-ethyl adjacent to an activating group) is 1. The lowest BCUT2D eigenvalue weighted by atomic mass is 10.2. The number of aliphatic hydroxyl groups is 2. The van der Waals surface area contributed by atoms with Crippen LogP contribution in [-0.4, -0.2) is 48.5 Å². The molecule has 0 radical (unpaired) electrons. The molecule has 1 unspecified atom stereocenters. The Hall–Kier alpha value is -0.650. The van der Waals surface area contributed by atoms with Crippen molar-refractivity contribution in [1.82, 2.24) is 10.6 Å². The lowest BCUT2D eigenvalue weighted by molar-refractivity contribution is -0.124. The zero-order valence-corrected chi connectivity index (χ0v) is 7.37. The van der Waals surface area contributed by atoms with Crippen molar-refractivity contribution >= 4 is 5.91 Å². The van der Waals surface area contributed by atoms with Crippen molar-refractivity contribution in [3.8, 4) is 0 Å². The van der Waals surface area contributed by atoms with Crippen LogP contribution in [0.4, 0.5) is 0 Å². The van der Waals surface area contributed by atoms with E-state index >= 15 is 0 Å². The molecule has 1 amide bonds. The molecular formula is C7H16N2O3. The SMILES string of the molecule is CNC(C)C(=O)NC(CO)CO. The molecule has 0 spiro atoms. The third-order valence-corrected chi connectivity index (χ3v) is 1.61. The summed E-state index contributed by atoms with van der Waals surface area (Å²) < 4.78 is 0. The smallest absolute Gasteiger partial charge is 0.237 e. The molecule has 5 nitrogen and oxygen atoms in total. The standard InChI is InChI=1S/C7H16N2O3/c1-5(8-2)7(12)9-6(3-10)4-11/h5-6,8,10-11H,3-4H2,1-2H3,(H,9,12). The Balaban J connectivity index is 3.81. The van der Waals surface area contributed by atoms with Gasteiger partial charge in [-0.15, -0.1) is 0 Å². The summed E-state index contributed by atoms with van der Waals surface area (Å²) in [6.07, 6.45) is 0.